The summed E-state index contributed by atoms with van der Waals surface area (Å²) in [5.74, 6) is 1.69. The molecule has 1 fully saturated rings. The Morgan fingerprint density at radius 3 is 2.82 bits per heavy atom. The first kappa shape index (κ1) is 12.4. The van der Waals surface area contributed by atoms with Crippen molar-refractivity contribution in [2.45, 2.75) is 25.8 Å². The van der Waals surface area contributed by atoms with Crippen LogP contribution in [0.5, 0.6) is 5.75 Å². The highest BCUT2D eigenvalue weighted by Gasteiger charge is 2.21. The maximum absolute atomic E-state index is 5.68. The average Bonchev–Trinajstić information content (AvgIpc) is 3.18. The van der Waals surface area contributed by atoms with Gasteiger partial charge in [0.05, 0.1) is 6.61 Å². The van der Waals surface area contributed by atoms with Crippen LogP contribution in [0.4, 0.5) is 0 Å². The largest absolute Gasteiger partial charge is 0.467 e. The molecule has 1 saturated carbocycles. The van der Waals surface area contributed by atoms with Gasteiger partial charge in [0.2, 0.25) is 0 Å². The SMILES string of the molecule is CNC(C)c1ccccc1OCOCC1CC1. The van der Waals surface area contributed by atoms with Crippen molar-refractivity contribution in [3.8, 4) is 5.75 Å². The van der Waals surface area contributed by atoms with Gasteiger partial charge in [-0.1, -0.05) is 18.2 Å². The lowest BCUT2D eigenvalue weighted by Crippen LogP contribution is -2.14. The van der Waals surface area contributed by atoms with Crippen LogP contribution in [0.15, 0.2) is 24.3 Å². The van der Waals surface area contributed by atoms with E-state index in [0.29, 0.717) is 6.79 Å². The summed E-state index contributed by atoms with van der Waals surface area (Å²) in [6, 6.07) is 8.37. The third-order valence-electron chi connectivity index (χ3n) is 3.17. The summed E-state index contributed by atoms with van der Waals surface area (Å²) < 4.78 is 11.2. The highest BCUT2D eigenvalue weighted by molar-refractivity contribution is 5.35. The van der Waals surface area contributed by atoms with Gasteiger partial charge >= 0.3 is 0 Å². The molecular formula is C14H21NO2. The van der Waals surface area contributed by atoms with Crippen molar-refractivity contribution >= 4 is 0 Å². The second-order valence-electron chi connectivity index (χ2n) is 4.62. The van der Waals surface area contributed by atoms with Gasteiger partial charge in [0.15, 0.2) is 6.79 Å². The Bertz CT molecular complexity index is 350. The van der Waals surface area contributed by atoms with E-state index in [-0.39, 0.29) is 6.04 Å². The molecule has 1 N–H and O–H groups in total. The number of para-hydroxylation sites is 1. The number of hydrogen-bond acceptors (Lipinski definition) is 3. The molecule has 3 heteroatoms. The molecular weight excluding hydrogens is 214 g/mol. The van der Waals surface area contributed by atoms with Crippen LogP contribution in [-0.2, 0) is 4.74 Å². The van der Waals surface area contributed by atoms with E-state index < -0.39 is 0 Å². The Balaban J connectivity index is 1.84. The minimum Gasteiger partial charge on any atom is -0.467 e. The molecule has 2 rings (SSSR count). The molecule has 1 aromatic carbocycles. The van der Waals surface area contributed by atoms with Gasteiger partial charge in [0.25, 0.3) is 0 Å². The Morgan fingerprint density at radius 2 is 2.12 bits per heavy atom. The van der Waals surface area contributed by atoms with Crippen LogP contribution in [0, 0.1) is 5.92 Å². The lowest BCUT2D eigenvalue weighted by atomic mass is 10.1. The molecule has 17 heavy (non-hydrogen) atoms. The third kappa shape index (κ3) is 3.72. The molecule has 0 saturated heterocycles. The van der Waals surface area contributed by atoms with E-state index in [1.807, 2.05) is 25.2 Å². The molecule has 1 aliphatic carbocycles. The van der Waals surface area contributed by atoms with Gasteiger partial charge < -0.3 is 14.8 Å². The Kier molecular flexibility index (Phi) is 4.40. The van der Waals surface area contributed by atoms with Crippen LogP contribution in [0.2, 0.25) is 0 Å². The molecule has 0 bridgehead atoms. The second-order valence-corrected chi connectivity index (χ2v) is 4.62. The summed E-state index contributed by atoms with van der Waals surface area (Å²) >= 11 is 0. The Morgan fingerprint density at radius 1 is 1.35 bits per heavy atom. The minimum atomic E-state index is 0.287. The van der Waals surface area contributed by atoms with Crippen LogP contribution >= 0.6 is 0 Å². The Labute approximate surface area is 103 Å². The summed E-state index contributed by atoms with van der Waals surface area (Å²) in [6.07, 6.45) is 2.63. The van der Waals surface area contributed by atoms with Gasteiger partial charge in [-0.2, -0.15) is 0 Å². The van der Waals surface area contributed by atoms with Gasteiger partial charge in [0.1, 0.15) is 5.75 Å². The maximum Gasteiger partial charge on any atom is 0.189 e. The van der Waals surface area contributed by atoms with Crippen LogP contribution in [0.25, 0.3) is 0 Å². The quantitative estimate of drug-likeness (QED) is 0.582. The zero-order valence-electron chi connectivity index (χ0n) is 10.6. The molecule has 1 aliphatic rings. The van der Waals surface area contributed by atoms with Gasteiger partial charge in [-0.05, 0) is 38.8 Å². The van der Waals surface area contributed by atoms with E-state index in [2.05, 4.69) is 18.3 Å². The van der Waals surface area contributed by atoms with Crippen LogP contribution in [0.1, 0.15) is 31.4 Å². The smallest absolute Gasteiger partial charge is 0.189 e. The van der Waals surface area contributed by atoms with E-state index in [1.165, 1.54) is 18.4 Å². The maximum atomic E-state index is 5.68. The topological polar surface area (TPSA) is 30.5 Å². The van der Waals surface area contributed by atoms with Gasteiger partial charge in [0, 0.05) is 11.6 Å². The first-order valence-electron chi connectivity index (χ1n) is 6.28. The number of ether oxygens (including phenoxy) is 2. The monoisotopic (exact) mass is 235 g/mol. The van der Waals surface area contributed by atoms with Crippen LogP contribution in [0.3, 0.4) is 0 Å². The van der Waals surface area contributed by atoms with Crippen LogP contribution < -0.4 is 10.1 Å². The summed E-state index contributed by atoms with van der Waals surface area (Å²) in [4.78, 5) is 0. The standard InChI is InChI=1S/C14H21NO2/c1-11(15-2)13-5-3-4-6-14(13)17-10-16-9-12-7-8-12/h3-6,11-12,15H,7-10H2,1-2H3. The lowest BCUT2D eigenvalue weighted by Gasteiger charge is -2.16. The van der Waals surface area contributed by atoms with Crippen molar-refractivity contribution < 1.29 is 9.47 Å². The minimum absolute atomic E-state index is 0.287. The van der Waals surface area contributed by atoms with Crippen molar-refractivity contribution in [2.24, 2.45) is 5.92 Å². The van der Waals surface area contributed by atoms with E-state index in [4.69, 9.17) is 9.47 Å². The van der Waals surface area contributed by atoms with E-state index >= 15 is 0 Å². The highest BCUT2D eigenvalue weighted by Crippen LogP contribution is 2.29. The van der Waals surface area contributed by atoms with Crippen molar-refractivity contribution in [2.75, 3.05) is 20.4 Å². The number of hydrogen-bond donors (Lipinski definition) is 1. The summed E-state index contributed by atoms with van der Waals surface area (Å²) in [5, 5.41) is 3.22. The van der Waals surface area contributed by atoms with E-state index in [0.717, 1.165) is 18.3 Å². The second kappa shape index (κ2) is 6.03. The number of rotatable bonds is 7. The lowest BCUT2D eigenvalue weighted by molar-refractivity contribution is 0.00926. The number of nitrogens with one attached hydrogen (secondary N) is 1. The fourth-order valence-corrected chi connectivity index (χ4v) is 1.73. The molecule has 0 heterocycles. The summed E-state index contributed by atoms with van der Waals surface area (Å²) in [7, 11) is 1.95. The molecule has 0 aliphatic heterocycles. The van der Waals surface area contributed by atoms with Gasteiger partial charge in [-0.25, -0.2) is 0 Å². The first-order valence-corrected chi connectivity index (χ1v) is 6.28. The fraction of sp³-hybridized carbons (Fsp3) is 0.571. The normalized spacial score (nSPS) is 16.8. The first-order chi connectivity index (χ1) is 8.31. The Hall–Kier alpha value is -1.06. The van der Waals surface area contributed by atoms with Gasteiger partial charge in [-0.3, -0.25) is 0 Å². The van der Waals surface area contributed by atoms with Crippen molar-refractivity contribution in [3.05, 3.63) is 29.8 Å². The molecule has 0 radical (unpaired) electrons. The van der Waals surface area contributed by atoms with Crippen molar-refractivity contribution in [1.82, 2.24) is 5.32 Å². The van der Waals surface area contributed by atoms with Crippen molar-refractivity contribution in [3.63, 3.8) is 0 Å². The molecule has 1 unspecified atom stereocenters. The van der Waals surface area contributed by atoms with E-state index in [9.17, 15) is 0 Å². The zero-order valence-corrected chi connectivity index (χ0v) is 10.6. The average molecular weight is 235 g/mol. The van der Waals surface area contributed by atoms with Crippen LogP contribution in [-0.4, -0.2) is 20.4 Å². The summed E-state index contributed by atoms with van der Waals surface area (Å²) in [5.41, 5.74) is 1.17. The summed E-state index contributed by atoms with van der Waals surface area (Å²) in [6.45, 7) is 3.31. The molecule has 1 atom stereocenters. The van der Waals surface area contributed by atoms with Crippen molar-refractivity contribution in [1.29, 1.82) is 0 Å². The van der Waals surface area contributed by atoms with Gasteiger partial charge in [-0.15, -0.1) is 0 Å². The molecule has 1 aromatic rings. The fourth-order valence-electron chi connectivity index (χ4n) is 1.73. The predicted octanol–water partition coefficient (Wildman–Crippen LogP) is 2.73. The number of benzene rings is 1. The van der Waals surface area contributed by atoms with E-state index in [1.54, 1.807) is 0 Å². The molecule has 94 valence electrons. The zero-order chi connectivity index (χ0) is 12.1. The molecule has 3 nitrogen and oxygen atoms in total. The molecule has 0 spiro atoms. The molecule has 0 aromatic heterocycles. The highest BCUT2D eigenvalue weighted by atomic mass is 16.7. The predicted molar refractivity (Wildman–Crippen MR) is 68.1 cm³/mol. The third-order valence-corrected chi connectivity index (χ3v) is 3.17. The molecule has 0 amide bonds.